The molecule has 0 aromatic rings. The summed E-state index contributed by atoms with van der Waals surface area (Å²) >= 11 is 0. The molecular weight excluding hydrogens is 651 g/mol. The van der Waals surface area contributed by atoms with Gasteiger partial charge in [0.25, 0.3) is 0 Å². The number of ether oxygens (including phenoxy) is 2. The molecule has 0 saturated carbocycles. The standard InChI is InChI=1S/C41H73O8P/c1-3-5-7-9-11-13-15-17-19-20-22-24-26-28-30-32-34-36-41(43)49-39(38-48-50(44,45)46)37-47-40(42)35-33-31-29-27-25-23-21-18-16-14-12-10-8-6-4-2/h11,13,17,19,22,24,28,30,39H,3-10,12,14-16,18,20-21,23,25-27,29,31-38H2,1-2H3,(H2,44,45,46)/b13-11-,19-17+,24-22+,30-28+/t39-/m1/s1. The normalized spacial score (nSPS) is 13.0. The summed E-state index contributed by atoms with van der Waals surface area (Å²) < 4.78 is 26.3. The first-order valence-corrected chi connectivity index (χ1v) is 21.5. The summed E-state index contributed by atoms with van der Waals surface area (Å²) in [5, 5.41) is 0. The number of esters is 2. The van der Waals surface area contributed by atoms with Gasteiger partial charge in [-0.2, -0.15) is 0 Å². The molecule has 0 heterocycles. The predicted octanol–water partition coefficient (Wildman–Crippen LogP) is 12.0. The van der Waals surface area contributed by atoms with Crippen molar-refractivity contribution in [3.8, 4) is 0 Å². The molecule has 8 nitrogen and oxygen atoms in total. The molecule has 50 heavy (non-hydrogen) atoms. The number of allylic oxidation sites excluding steroid dienone is 8. The van der Waals surface area contributed by atoms with Crippen molar-refractivity contribution in [2.75, 3.05) is 13.2 Å². The summed E-state index contributed by atoms with van der Waals surface area (Å²) in [4.78, 5) is 42.7. The maximum absolute atomic E-state index is 12.4. The molecule has 9 heteroatoms. The second kappa shape index (κ2) is 36.8. The molecule has 0 aliphatic heterocycles. The van der Waals surface area contributed by atoms with Crippen LogP contribution in [0.25, 0.3) is 0 Å². The molecule has 2 N–H and O–H groups in total. The van der Waals surface area contributed by atoms with Gasteiger partial charge in [0, 0.05) is 12.8 Å². The SMILES string of the molecule is CCCCC/C=C\C/C=C/C/C=C/C/C=C/CCCC(=O)O[C@H](COC(=O)CCCCCCCCCCCCCCCCC)COP(=O)(O)O. The van der Waals surface area contributed by atoms with Crippen LogP contribution in [0.3, 0.4) is 0 Å². The van der Waals surface area contributed by atoms with Crippen molar-refractivity contribution < 1.29 is 37.9 Å². The van der Waals surface area contributed by atoms with Gasteiger partial charge in [0.15, 0.2) is 6.10 Å². The monoisotopic (exact) mass is 725 g/mol. The van der Waals surface area contributed by atoms with Gasteiger partial charge < -0.3 is 19.3 Å². The van der Waals surface area contributed by atoms with Crippen LogP contribution in [-0.2, 0) is 28.2 Å². The third-order valence-electron chi connectivity index (χ3n) is 8.35. The highest BCUT2D eigenvalue weighted by molar-refractivity contribution is 7.46. The van der Waals surface area contributed by atoms with Gasteiger partial charge in [0.1, 0.15) is 6.61 Å². The van der Waals surface area contributed by atoms with Crippen LogP contribution in [0.15, 0.2) is 48.6 Å². The fraction of sp³-hybridized carbons (Fsp3) is 0.756. The van der Waals surface area contributed by atoms with Crippen LogP contribution < -0.4 is 0 Å². The largest absolute Gasteiger partial charge is 0.469 e. The maximum Gasteiger partial charge on any atom is 0.469 e. The highest BCUT2D eigenvalue weighted by Gasteiger charge is 2.22. The molecule has 0 amide bonds. The Morgan fingerprint density at radius 2 is 0.920 bits per heavy atom. The number of hydrogen-bond acceptors (Lipinski definition) is 6. The van der Waals surface area contributed by atoms with Crippen LogP contribution in [0, 0.1) is 0 Å². The van der Waals surface area contributed by atoms with E-state index < -0.39 is 32.5 Å². The first-order valence-electron chi connectivity index (χ1n) is 19.9. The molecule has 0 rings (SSSR count). The van der Waals surface area contributed by atoms with Crippen LogP contribution in [0.1, 0.15) is 181 Å². The summed E-state index contributed by atoms with van der Waals surface area (Å²) in [5.41, 5.74) is 0. The fourth-order valence-corrected chi connectivity index (χ4v) is 5.73. The Kier molecular flexibility index (Phi) is 35.3. The lowest BCUT2D eigenvalue weighted by atomic mass is 10.0. The molecule has 0 saturated heterocycles. The van der Waals surface area contributed by atoms with Gasteiger partial charge in [-0.25, -0.2) is 4.57 Å². The molecule has 0 radical (unpaired) electrons. The van der Waals surface area contributed by atoms with Gasteiger partial charge in [0.05, 0.1) is 6.61 Å². The Morgan fingerprint density at radius 1 is 0.520 bits per heavy atom. The topological polar surface area (TPSA) is 119 Å². The van der Waals surface area contributed by atoms with E-state index >= 15 is 0 Å². The molecule has 0 spiro atoms. The molecule has 0 fully saturated rings. The third kappa shape index (κ3) is 38.8. The number of phosphoric ester groups is 1. The molecule has 0 bridgehead atoms. The average molecular weight is 725 g/mol. The van der Waals surface area contributed by atoms with Crippen molar-refractivity contribution in [3.63, 3.8) is 0 Å². The van der Waals surface area contributed by atoms with Crippen LogP contribution in [0.2, 0.25) is 0 Å². The summed E-state index contributed by atoms with van der Waals surface area (Å²) in [7, 11) is -4.77. The highest BCUT2D eigenvalue weighted by Crippen LogP contribution is 2.36. The van der Waals surface area contributed by atoms with E-state index in [2.05, 4.69) is 60.9 Å². The first kappa shape index (κ1) is 48.0. The molecule has 0 unspecified atom stereocenters. The van der Waals surface area contributed by atoms with E-state index in [0.29, 0.717) is 12.8 Å². The van der Waals surface area contributed by atoms with E-state index in [1.165, 1.54) is 103 Å². The minimum absolute atomic E-state index is 0.136. The Hall–Kier alpha value is -1.99. The summed E-state index contributed by atoms with van der Waals surface area (Å²) in [6, 6.07) is 0. The third-order valence-corrected chi connectivity index (χ3v) is 8.84. The summed E-state index contributed by atoms with van der Waals surface area (Å²) in [6.45, 7) is 3.61. The van der Waals surface area contributed by atoms with Gasteiger partial charge in [0.2, 0.25) is 0 Å². The molecule has 0 aliphatic rings. The van der Waals surface area contributed by atoms with Gasteiger partial charge in [-0.15, -0.1) is 0 Å². The minimum Gasteiger partial charge on any atom is -0.462 e. The number of carbonyl (C=O) groups excluding carboxylic acids is 2. The number of unbranched alkanes of at least 4 members (excludes halogenated alkanes) is 18. The number of phosphoric acid groups is 1. The van der Waals surface area contributed by atoms with Gasteiger partial charge >= 0.3 is 19.8 Å². The Morgan fingerprint density at radius 3 is 1.40 bits per heavy atom. The van der Waals surface area contributed by atoms with Crippen LogP contribution in [-0.4, -0.2) is 41.0 Å². The predicted molar refractivity (Wildman–Crippen MR) is 207 cm³/mol. The van der Waals surface area contributed by atoms with E-state index in [0.717, 1.165) is 38.5 Å². The molecular formula is C41H73O8P. The Labute approximate surface area is 305 Å². The molecule has 0 aromatic carbocycles. The maximum atomic E-state index is 12.4. The van der Waals surface area contributed by atoms with E-state index in [4.69, 9.17) is 19.3 Å². The number of hydrogen-bond donors (Lipinski definition) is 2. The summed E-state index contributed by atoms with van der Waals surface area (Å²) in [5.74, 6) is -0.948. The van der Waals surface area contributed by atoms with Crippen molar-refractivity contribution in [3.05, 3.63) is 48.6 Å². The molecule has 0 aromatic heterocycles. The minimum atomic E-state index is -4.77. The zero-order chi connectivity index (χ0) is 36.8. The molecule has 1 atom stereocenters. The van der Waals surface area contributed by atoms with E-state index in [1.54, 1.807) is 0 Å². The lowest BCUT2D eigenvalue weighted by molar-refractivity contribution is -0.161. The molecule has 290 valence electrons. The summed E-state index contributed by atoms with van der Waals surface area (Å²) in [6.07, 6.45) is 44.1. The van der Waals surface area contributed by atoms with E-state index in [9.17, 15) is 14.2 Å². The lowest BCUT2D eigenvalue weighted by Gasteiger charge is -2.18. The molecule has 0 aliphatic carbocycles. The van der Waals surface area contributed by atoms with Gasteiger partial charge in [-0.1, -0.05) is 165 Å². The van der Waals surface area contributed by atoms with Crippen molar-refractivity contribution >= 4 is 19.8 Å². The first-order chi connectivity index (χ1) is 24.3. The van der Waals surface area contributed by atoms with Gasteiger partial charge in [-0.3, -0.25) is 14.1 Å². The fourth-order valence-electron chi connectivity index (χ4n) is 5.37. The van der Waals surface area contributed by atoms with Crippen molar-refractivity contribution in [2.24, 2.45) is 0 Å². The number of carbonyl (C=O) groups is 2. The average Bonchev–Trinajstić information content (AvgIpc) is 3.08. The Balaban J connectivity index is 4.04. The Bertz CT molecular complexity index is 952. The lowest BCUT2D eigenvalue weighted by Crippen LogP contribution is -2.29. The van der Waals surface area contributed by atoms with E-state index in [-0.39, 0.29) is 19.4 Å². The quantitative estimate of drug-likeness (QED) is 0.0284. The second-order valence-electron chi connectivity index (χ2n) is 13.3. The van der Waals surface area contributed by atoms with Gasteiger partial charge in [-0.05, 0) is 51.4 Å². The van der Waals surface area contributed by atoms with Crippen molar-refractivity contribution in [1.82, 2.24) is 0 Å². The smallest absolute Gasteiger partial charge is 0.462 e. The second-order valence-corrected chi connectivity index (χ2v) is 14.5. The van der Waals surface area contributed by atoms with Crippen molar-refractivity contribution in [1.29, 1.82) is 0 Å². The highest BCUT2D eigenvalue weighted by atomic mass is 31.2. The van der Waals surface area contributed by atoms with Crippen LogP contribution >= 0.6 is 7.82 Å². The van der Waals surface area contributed by atoms with Crippen LogP contribution in [0.4, 0.5) is 0 Å². The van der Waals surface area contributed by atoms with E-state index in [1.807, 2.05) is 6.08 Å². The van der Waals surface area contributed by atoms with Crippen LogP contribution in [0.5, 0.6) is 0 Å². The van der Waals surface area contributed by atoms with Crippen molar-refractivity contribution in [2.45, 2.75) is 187 Å². The number of rotatable bonds is 36. The zero-order valence-electron chi connectivity index (χ0n) is 31.8. The zero-order valence-corrected chi connectivity index (χ0v) is 32.7.